The van der Waals surface area contributed by atoms with Gasteiger partial charge in [-0.1, -0.05) is 17.3 Å². The molecule has 1 N–H and O–H groups in total. The molecule has 0 unspecified atom stereocenters. The van der Waals surface area contributed by atoms with Gasteiger partial charge in [0.25, 0.3) is 0 Å². The average Bonchev–Trinajstić information content (AvgIpc) is 2.93. The smallest absolute Gasteiger partial charge is 0.163 e. The van der Waals surface area contributed by atoms with Crippen LogP contribution in [0, 0.1) is 0 Å². The molecule has 0 aliphatic heterocycles. The highest BCUT2D eigenvalue weighted by molar-refractivity contribution is 5.96. The molecule has 0 fully saturated rings. The van der Waals surface area contributed by atoms with Crippen molar-refractivity contribution in [3.8, 4) is 5.75 Å². The maximum absolute atomic E-state index is 11.5. The van der Waals surface area contributed by atoms with Crippen LogP contribution in [-0.2, 0) is 13.0 Å². The highest BCUT2D eigenvalue weighted by atomic mass is 16.5. The van der Waals surface area contributed by atoms with Gasteiger partial charge in [0, 0.05) is 12.8 Å². The summed E-state index contributed by atoms with van der Waals surface area (Å²) in [5.74, 6) is 0.572. The van der Waals surface area contributed by atoms with E-state index < -0.39 is 0 Å². The largest absolute Gasteiger partial charge is 0.491 e. The highest BCUT2D eigenvalue weighted by Gasteiger charge is 2.07. The normalized spacial score (nSPS) is 10.6. The Hall–Kier alpha value is -2.21. The first-order valence-corrected chi connectivity index (χ1v) is 6.93. The van der Waals surface area contributed by atoms with Gasteiger partial charge < -0.3 is 9.84 Å². The van der Waals surface area contributed by atoms with Crippen LogP contribution in [0.5, 0.6) is 5.75 Å². The first-order valence-electron chi connectivity index (χ1n) is 6.93. The Kier molecular flexibility index (Phi) is 5.45. The Morgan fingerprint density at radius 1 is 1.38 bits per heavy atom. The van der Waals surface area contributed by atoms with Gasteiger partial charge in [0.15, 0.2) is 5.78 Å². The van der Waals surface area contributed by atoms with E-state index in [0.717, 1.165) is 5.69 Å². The fraction of sp³-hybridized carbons (Fsp3) is 0.400. The first kappa shape index (κ1) is 15.2. The molecule has 2 rings (SSSR count). The molecule has 0 atom stereocenters. The van der Waals surface area contributed by atoms with E-state index in [-0.39, 0.29) is 12.4 Å². The molecule has 0 bridgehead atoms. The molecule has 6 heteroatoms. The predicted molar refractivity (Wildman–Crippen MR) is 77.4 cm³/mol. The van der Waals surface area contributed by atoms with E-state index in [2.05, 4.69) is 10.3 Å². The van der Waals surface area contributed by atoms with Crippen molar-refractivity contribution in [2.45, 2.75) is 26.3 Å². The van der Waals surface area contributed by atoms with Gasteiger partial charge in [0.05, 0.1) is 17.8 Å². The summed E-state index contributed by atoms with van der Waals surface area (Å²) < 4.78 is 7.34. The lowest BCUT2D eigenvalue weighted by molar-refractivity contribution is 0.101. The number of carbonyl (C=O) groups excluding carboxylic acids is 1. The van der Waals surface area contributed by atoms with Crippen LogP contribution in [0.15, 0.2) is 30.5 Å². The van der Waals surface area contributed by atoms with Crippen molar-refractivity contribution in [1.82, 2.24) is 15.0 Å². The third-order valence-electron chi connectivity index (χ3n) is 3.02. The number of nitrogens with zero attached hydrogens (tertiary/aromatic N) is 3. The van der Waals surface area contributed by atoms with Gasteiger partial charge in [-0.2, -0.15) is 0 Å². The summed E-state index contributed by atoms with van der Waals surface area (Å²) in [5.41, 5.74) is 1.44. The van der Waals surface area contributed by atoms with Crippen molar-refractivity contribution in [2.24, 2.45) is 0 Å². The van der Waals surface area contributed by atoms with Crippen LogP contribution in [0.25, 0.3) is 0 Å². The molecule has 1 aromatic heterocycles. The topological polar surface area (TPSA) is 77.2 Å². The molecular formula is C15H19N3O3. The number of ketones is 1. The van der Waals surface area contributed by atoms with E-state index in [1.165, 1.54) is 6.92 Å². The van der Waals surface area contributed by atoms with Gasteiger partial charge in [-0.3, -0.25) is 4.79 Å². The van der Waals surface area contributed by atoms with Gasteiger partial charge in [0.2, 0.25) is 0 Å². The molecule has 21 heavy (non-hydrogen) atoms. The van der Waals surface area contributed by atoms with Crippen molar-refractivity contribution in [2.75, 3.05) is 13.2 Å². The zero-order valence-corrected chi connectivity index (χ0v) is 12.0. The van der Waals surface area contributed by atoms with Gasteiger partial charge in [-0.25, -0.2) is 4.68 Å². The summed E-state index contributed by atoms with van der Waals surface area (Å²) in [7, 11) is 0. The third kappa shape index (κ3) is 4.39. The molecule has 1 heterocycles. The molecule has 0 aliphatic rings. The van der Waals surface area contributed by atoms with Crippen LogP contribution >= 0.6 is 0 Å². The Bertz CT molecular complexity index is 595. The summed E-state index contributed by atoms with van der Waals surface area (Å²) in [6.45, 7) is 2.64. The molecule has 0 saturated heterocycles. The van der Waals surface area contributed by atoms with Crippen molar-refractivity contribution in [3.05, 3.63) is 41.7 Å². The molecule has 0 saturated carbocycles. The van der Waals surface area contributed by atoms with E-state index in [1.807, 2.05) is 18.3 Å². The fourth-order valence-electron chi connectivity index (χ4n) is 1.96. The predicted octanol–water partition coefficient (Wildman–Crippen LogP) is 1.48. The third-order valence-corrected chi connectivity index (χ3v) is 3.02. The summed E-state index contributed by atoms with van der Waals surface area (Å²) >= 11 is 0. The SMILES string of the molecule is CC(=O)c1ccccc1OCCn1cc(CCCO)nn1. The number of hydrogen-bond donors (Lipinski definition) is 1. The summed E-state index contributed by atoms with van der Waals surface area (Å²) in [6.07, 6.45) is 3.24. The molecule has 6 nitrogen and oxygen atoms in total. The van der Waals surface area contributed by atoms with E-state index in [4.69, 9.17) is 9.84 Å². The van der Waals surface area contributed by atoms with E-state index in [9.17, 15) is 4.79 Å². The Labute approximate surface area is 123 Å². The second-order valence-corrected chi connectivity index (χ2v) is 4.70. The van der Waals surface area contributed by atoms with Gasteiger partial charge in [-0.05, 0) is 31.9 Å². The van der Waals surface area contributed by atoms with Crippen LogP contribution in [0.3, 0.4) is 0 Å². The Morgan fingerprint density at radius 2 is 2.19 bits per heavy atom. The second-order valence-electron chi connectivity index (χ2n) is 4.70. The minimum atomic E-state index is -0.0161. The average molecular weight is 289 g/mol. The summed E-state index contributed by atoms with van der Waals surface area (Å²) in [6, 6.07) is 7.18. The van der Waals surface area contributed by atoms with Crippen molar-refractivity contribution in [1.29, 1.82) is 0 Å². The van der Waals surface area contributed by atoms with E-state index >= 15 is 0 Å². The quantitative estimate of drug-likeness (QED) is 0.745. The number of hydrogen-bond acceptors (Lipinski definition) is 5. The second kappa shape index (κ2) is 7.54. The standard InChI is InChI=1S/C15H19N3O3/c1-12(20)14-6-2-3-7-15(14)21-10-8-18-11-13(16-17-18)5-4-9-19/h2-3,6-7,11,19H,4-5,8-10H2,1H3. The maximum atomic E-state index is 11.5. The van der Waals surface area contributed by atoms with Gasteiger partial charge in [0.1, 0.15) is 12.4 Å². The number of para-hydroxylation sites is 1. The number of rotatable bonds is 8. The first-order chi connectivity index (χ1) is 10.2. The molecule has 0 spiro atoms. The highest BCUT2D eigenvalue weighted by Crippen LogP contribution is 2.18. The number of aryl methyl sites for hydroxylation is 1. The van der Waals surface area contributed by atoms with Crippen LogP contribution in [0.1, 0.15) is 29.4 Å². The lowest BCUT2D eigenvalue weighted by atomic mass is 10.1. The lowest BCUT2D eigenvalue weighted by Crippen LogP contribution is -2.10. The number of aliphatic hydroxyl groups excluding tert-OH is 1. The molecular weight excluding hydrogens is 270 g/mol. The van der Waals surface area contributed by atoms with Crippen molar-refractivity contribution < 1.29 is 14.6 Å². The number of Topliss-reactive ketones (excluding diaryl/α,β-unsaturated/α-hetero) is 1. The van der Waals surface area contributed by atoms with Gasteiger partial charge in [-0.15, -0.1) is 5.10 Å². The van der Waals surface area contributed by atoms with Crippen LogP contribution in [0.4, 0.5) is 0 Å². The molecule has 2 aromatic rings. The van der Waals surface area contributed by atoms with E-state index in [0.29, 0.717) is 37.3 Å². The molecule has 0 radical (unpaired) electrons. The number of aliphatic hydroxyl groups is 1. The molecule has 0 amide bonds. The number of benzene rings is 1. The molecule has 112 valence electrons. The minimum Gasteiger partial charge on any atom is -0.491 e. The molecule has 0 aliphatic carbocycles. The van der Waals surface area contributed by atoms with Crippen molar-refractivity contribution in [3.63, 3.8) is 0 Å². The maximum Gasteiger partial charge on any atom is 0.163 e. The minimum absolute atomic E-state index is 0.0161. The summed E-state index contributed by atoms with van der Waals surface area (Å²) in [4.78, 5) is 11.5. The van der Waals surface area contributed by atoms with Crippen molar-refractivity contribution >= 4 is 5.78 Å². The van der Waals surface area contributed by atoms with Crippen LogP contribution in [0.2, 0.25) is 0 Å². The zero-order chi connectivity index (χ0) is 15.1. The summed E-state index contributed by atoms with van der Waals surface area (Å²) in [5, 5.41) is 16.8. The van der Waals surface area contributed by atoms with Crippen LogP contribution < -0.4 is 4.74 Å². The Balaban J connectivity index is 1.87. The zero-order valence-electron chi connectivity index (χ0n) is 12.0. The number of ether oxygens (including phenoxy) is 1. The van der Waals surface area contributed by atoms with E-state index in [1.54, 1.807) is 16.8 Å². The fourth-order valence-corrected chi connectivity index (χ4v) is 1.96. The molecule has 1 aromatic carbocycles. The Morgan fingerprint density at radius 3 is 2.95 bits per heavy atom. The van der Waals surface area contributed by atoms with Crippen LogP contribution in [-0.4, -0.2) is 39.1 Å². The number of carbonyl (C=O) groups is 1. The number of aromatic nitrogens is 3. The monoisotopic (exact) mass is 289 g/mol. The van der Waals surface area contributed by atoms with Gasteiger partial charge >= 0.3 is 0 Å². The lowest BCUT2D eigenvalue weighted by Gasteiger charge is -2.09.